The Morgan fingerprint density at radius 3 is 1.84 bits per heavy atom. The minimum atomic E-state index is 0.927. The maximum atomic E-state index is 6.70. The highest BCUT2D eigenvalue weighted by atomic mass is 32.1. The molecule has 0 amide bonds. The fourth-order valence-electron chi connectivity index (χ4n) is 7.41. The first-order valence-electron chi connectivity index (χ1n) is 16.6. The zero-order valence-electron chi connectivity index (χ0n) is 26.5. The molecule has 0 saturated carbocycles. The van der Waals surface area contributed by atoms with Crippen molar-refractivity contribution in [1.82, 2.24) is 0 Å². The average Bonchev–Trinajstić information content (AvgIpc) is 3.74. The number of furan rings is 1. The SMILES string of the molecule is c1ccc(-c2ccccc2-c2ccc(N(c3ccccc3)c3ccc4sc5ccc6c(oc7ccc8ccccc8c76)c5c4c3)cc2)cc1. The van der Waals surface area contributed by atoms with Gasteiger partial charge < -0.3 is 9.32 Å². The largest absolute Gasteiger partial charge is 0.455 e. The number of hydrogen-bond donors (Lipinski definition) is 0. The lowest BCUT2D eigenvalue weighted by Crippen LogP contribution is -2.09. The summed E-state index contributed by atoms with van der Waals surface area (Å²) in [6, 6.07) is 63.1. The molecule has 2 heterocycles. The average molecular weight is 644 g/mol. The molecule has 0 saturated heterocycles. The van der Waals surface area contributed by atoms with Gasteiger partial charge in [0.1, 0.15) is 11.2 Å². The predicted molar refractivity (Wildman–Crippen MR) is 210 cm³/mol. The minimum Gasteiger partial charge on any atom is -0.455 e. The third kappa shape index (κ3) is 4.55. The Hall–Kier alpha value is -6.16. The minimum absolute atomic E-state index is 0.927. The molecule has 0 N–H and O–H groups in total. The summed E-state index contributed by atoms with van der Waals surface area (Å²) < 4.78 is 9.18. The van der Waals surface area contributed by atoms with E-state index in [0.29, 0.717) is 0 Å². The van der Waals surface area contributed by atoms with Crippen LogP contribution >= 0.6 is 11.3 Å². The van der Waals surface area contributed by atoms with Gasteiger partial charge in [-0.15, -0.1) is 11.3 Å². The Bertz CT molecular complexity index is 2810. The molecule has 0 aliphatic carbocycles. The molecule has 0 radical (unpaired) electrons. The molecule has 0 bridgehead atoms. The van der Waals surface area contributed by atoms with Crippen LogP contribution in [0.15, 0.2) is 180 Å². The second-order valence-corrected chi connectivity index (χ2v) is 13.6. The van der Waals surface area contributed by atoms with Gasteiger partial charge in [0, 0.05) is 48.0 Å². The van der Waals surface area contributed by atoms with Crippen molar-refractivity contribution in [2.75, 3.05) is 4.90 Å². The number of fused-ring (bicyclic) bond motifs is 9. The van der Waals surface area contributed by atoms with Crippen molar-refractivity contribution in [2.24, 2.45) is 0 Å². The summed E-state index contributed by atoms with van der Waals surface area (Å²) in [4.78, 5) is 2.35. The van der Waals surface area contributed by atoms with Crippen LogP contribution in [0.2, 0.25) is 0 Å². The standard InChI is InChI=1S/C46H29NOS/c1-3-11-30(12-4-1)36-16-9-10-17-37(36)32-19-22-34(23-20-32)47(33-14-5-2-6-15-33)35-24-27-42-40(29-35)45-43(49-42)28-25-39-44-38-18-8-7-13-31(38)21-26-41(44)48-46(39)45/h1-29H. The lowest BCUT2D eigenvalue weighted by molar-refractivity contribution is 0.673. The number of thiophene rings is 1. The van der Waals surface area contributed by atoms with Crippen molar-refractivity contribution >= 4 is 81.3 Å². The fourth-order valence-corrected chi connectivity index (χ4v) is 8.50. The van der Waals surface area contributed by atoms with E-state index in [1.54, 1.807) is 0 Å². The quantitative estimate of drug-likeness (QED) is 0.186. The highest BCUT2D eigenvalue weighted by Gasteiger charge is 2.19. The van der Waals surface area contributed by atoms with Gasteiger partial charge in [-0.25, -0.2) is 0 Å². The lowest BCUT2D eigenvalue weighted by Gasteiger charge is -2.26. The van der Waals surface area contributed by atoms with Crippen LogP contribution in [-0.4, -0.2) is 0 Å². The van der Waals surface area contributed by atoms with Gasteiger partial charge in [-0.05, 0) is 93.7 Å². The van der Waals surface area contributed by atoms with Crippen molar-refractivity contribution in [1.29, 1.82) is 0 Å². The number of nitrogens with zero attached hydrogens (tertiary/aromatic N) is 1. The van der Waals surface area contributed by atoms with E-state index in [2.05, 4.69) is 181 Å². The highest BCUT2D eigenvalue weighted by Crippen LogP contribution is 2.46. The molecule has 0 atom stereocenters. The van der Waals surface area contributed by atoms with Crippen molar-refractivity contribution in [3.8, 4) is 22.3 Å². The summed E-state index contributed by atoms with van der Waals surface area (Å²) in [5.41, 5.74) is 10.1. The first-order valence-corrected chi connectivity index (χ1v) is 17.4. The van der Waals surface area contributed by atoms with E-state index in [1.807, 2.05) is 11.3 Å². The van der Waals surface area contributed by atoms with Crippen LogP contribution in [0.1, 0.15) is 0 Å². The second-order valence-electron chi connectivity index (χ2n) is 12.5. The first-order chi connectivity index (χ1) is 24.3. The molecule has 0 fully saturated rings. The van der Waals surface area contributed by atoms with Crippen LogP contribution in [0, 0.1) is 0 Å². The topological polar surface area (TPSA) is 16.4 Å². The molecule has 10 aromatic rings. The van der Waals surface area contributed by atoms with Gasteiger partial charge in [0.05, 0.1) is 0 Å². The number of hydrogen-bond acceptors (Lipinski definition) is 3. The predicted octanol–water partition coefficient (Wildman–Crippen LogP) is 13.9. The van der Waals surface area contributed by atoms with Crippen LogP contribution in [0.25, 0.3) is 75.1 Å². The van der Waals surface area contributed by atoms with Crippen molar-refractivity contribution in [3.05, 3.63) is 176 Å². The van der Waals surface area contributed by atoms with Gasteiger partial charge in [-0.3, -0.25) is 0 Å². The number of rotatable bonds is 5. The number of anilines is 3. The van der Waals surface area contributed by atoms with Crippen molar-refractivity contribution in [3.63, 3.8) is 0 Å². The highest BCUT2D eigenvalue weighted by molar-refractivity contribution is 7.26. The van der Waals surface area contributed by atoms with Crippen molar-refractivity contribution in [2.45, 2.75) is 0 Å². The zero-order valence-corrected chi connectivity index (χ0v) is 27.3. The fraction of sp³-hybridized carbons (Fsp3) is 0. The van der Waals surface area contributed by atoms with Crippen LogP contribution in [0.4, 0.5) is 17.1 Å². The van der Waals surface area contributed by atoms with Gasteiger partial charge >= 0.3 is 0 Å². The molecule has 0 aliphatic rings. The number of para-hydroxylation sites is 1. The number of benzene rings is 8. The Morgan fingerprint density at radius 2 is 1.04 bits per heavy atom. The van der Waals surface area contributed by atoms with Crippen LogP contribution in [-0.2, 0) is 0 Å². The van der Waals surface area contributed by atoms with Gasteiger partial charge in [-0.2, -0.15) is 0 Å². The Labute approximate surface area is 287 Å². The molecule has 3 heteroatoms. The monoisotopic (exact) mass is 643 g/mol. The summed E-state index contributed by atoms with van der Waals surface area (Å²) in [7, 11) is 0. The molecule has 2 nitrogen and oxygen atoms in total. The summed E-state index contributed by atoms with van der Waals surface area (Å²) in [6.45, 7) is 0. The summed E-state index contributed by atoms with van der Waals surface area (Å²) in [6.07, 6.45) is 0. The molecule has 0 unspecified atom stereocenters. The molecular formula is C46H29NOS. The van der Waals surface area contributed by atoms with Gasteiger partial charge in [0.15, 0.2) is 0 Å². The van der Waals surface area contributed by atoms with Crippen LogP contribution in [0.5, 0.6) is 0 Å². The third-order valence-electron chi connectivity index (χ3n) is 9.66. The molecular weight excluding hydrogens is 615 g/mol. The molecule has 8 aromatic carbocycles. The second kappa shape index (κ2) is 11.2. The summed E-state index contributed by atoms with van der Waals surface area (Å²) >= 11 is 1.82. The van der Waals surface area contributed by atoms with Gasteiger partial charge in [0.2, 0.25) is 0 Å². The van der Waals surface area contributed by atoms with E-state index in [0.717, 1.165) is 33.6 Å². The van der Waals surface area contributed by atoms with E-state index in [9.17, 15) is 0 Å². The molecule has 0 aliphatic heterocycles. The summed E-state index contributed by atoms with van der Waals surface area (Å²) in [5, 5.41) is 7.19. The molecule has 49 heavy (non-hydrogen) atoms. The van der Waals surface area contributed by atoms with E-state index in [-0.39, 0.29) is 0 Å². The van der Waals surface area contributed by atoms with Crippen molar-refractivity contribution < 1.29 is 4.42 Å². The van der Waals surface area contributed by atoms with E-state index in [1.165, 1.54) is 58.6 Å². The maximum Gasteiger partial charge on any atom is 0.144 e. The van der Waals surface area contributed by atoms with Crippen LogP contribution < -0.4 is 4.90 Å². The molecule has 230 valence electrons. The molecule has 2 aromatic heterocycles. The van der Waals surface area contributed by atoms with Gasteiger partial charge in [-0.1, -0.05) is 115 Å². The van der Waals surface area contributed by atoms with Gasteiger partial charge in [0.25, 0.3) is 0 Å². The lowest BCUT2D eigenvalue weighted by atomic mass is 9.94. The Kier molecular flexibility index (Phi) is 6.39. The third-order valence-corrected chi connectivity index (χ3v) is 10.8. The summed E-state index contributed by atoms with van der Waals surface area (Å²) in [5.74, 6) is 0. The van der Waals surface area contributed by atoms with E-state index < -0.39 is 0 Å². The Morgan fingerprint density at radius 1 is 0.408 bits per heavy atom. The van der Waals surface area contributed by atoms with E-state index in [4.69, 9.17) is 4.42 Å². The van der Waals surface area contributed by atoms with Crippen LogP contribution in [0.3, 0.4) is 0 Å². The zero-order chi connectivity index (χ0) is 32.3. The maximum absolute atomic E-state index is 6.70. The first kappa shape index (κ1) is 27.9. The molecule has 0 spiro atoms. The normalized spacial score (nSPS) is 11.7. The molecule has 10 rings (SSSR count). The van der Waals surface area contributed by atoms with E-state index >= 15 is 0 Å². The smallest absolute Gasteiger partial charge is 0.144 e. The Balaban J connectivity index is 1.14.